The molecule has 0 aliphatic carbocycles. The molecule has 0 amide bonds. The van der Waals surface area contributed by atoms with Gasteiger partial charge in [0.05, 0.1) is 6.61 Å². The van der Waals surface area contributed by atoms with E-state index in [-0.39, 0.29) is 0 Å². The number of likely N-dealkylation sites (N-methyl/N-ethyl adjacent to an activating group) is 1. The van der Waals surface area contributed by atoms with E-state index in [1.807, 2.05) is 11.3 Å². The largest absolute Gasteiger partial charge is 0.383 e. The van der Waals surface area contributed by atoms with E-state index in [9.17, 15) is 0 Å². The van der Waals surface area contributed by atoms with Crippen LogP contribution in [-0.2, 0) is 11.2 Å². The van der Waals surface area contributed by atoms with Crippen molar-refractivity contribution in [2.75, 3.05) is 46.9 Å². The molecule has 1 heterocycles. The highest BCUT2D eigenvalue weighted by Gasteiger charge is 2.00. The Morgan fingerprint density at radius 2 is 2.17 bits per heavy atom. The average Bonchev–Trinajstić information content (AvgIpc) is 2.88. The predicted molar refractivity (Wildman–Crippen MR) is 79.5 cm³/mol. The number of thiophene rings is 1. The van der Waals surface area contributed by atoms with Crippen LogP contribution in [0.2, 0.25) is 0 Å². The van der Waals surface area contributed by atoms with Gasteiger partial charge >= 0.3 is 0 Å². The lowest BCUT2D eigenvalue weighted by Gasteiger charge is -2.15. The first-order valence-electron chi connectivity index (χ1n) is 6.73. The van der Waals surface area contributed by atoms with Crippen LogP contribution >= 0.6 is 11.3 Å². The average molecular weight is 270 g/mol. The fraction of sp³-hybridized carbons (Fsp3) is 0.714. The predicted octanol–water partition coefficient (Wildman–Crippen LogP) is 2.24. The van der Waals surface area contributed by atoms with Gasteiger partial charge in [-0.05, 0) is 50.8 Å². The van der Waals surface area contributed by atoms with Gasteiger partial charge in [0, 0.05) is 25.1 Å². The molecule has 0 unspecified atom stereocenters. The molecule has 0 aliphatic rings. The molecular weight excluding hydrogens is 244 g/mol. The molecule has 0 saturated heterocycles. The number of unbranched alkanes of at least 4 members (excludes halogenated alkanes) is 1. The number of nitrogens with one attached hydrogen (secondary N) is 1. The SMILES string of the molecule is COCCNCCCCN(C)CCc1cccs1. The molecule has 1 aromatic rings. The van der Waals surface area contributed by atoms with Crippen LogP contribution < -0.4 is 5.32 Å². The van der Waals surface area contributed by atoms with Gasteiger partial charge in [-0.15, -0.1) is 11.3 Å². The third-order valence-electron chi connectivity index (χ3n) is 2.95. The van der Waals surface area contributed by atoms with Gasteiger partial charge in [0.15, 0.2) is 0 Å². The van der Waals surface area contributed by atoms with Gasteiger partial charge in [0.1, 0.15) is 0 Å². The molecule has 3 nitrogen and oxygen atoms in total. The molecule has 0 aliphatic heterocycles. The van der Waals surface area contributed by atoms with Crippen LogP contribution in [0.4, 0.5) is 0 Å². The van der Waals surface area contributed by atoms with Gasteiger partial charge in [-0.25, -0.2) is 0 Å². The molecule has 0 atom stereocenters. The maximum atomic E-state index is 4.98. The minimum absolute atomic E-state index is 0.806. The summed E-state index contributed by atoms with van der Waals surface area (Å²) in [6, 6.07) is 4.35. The zero-order valence-corrected chi connectivity index (χ0v) is 12.5. The lowest BCUT2D eigenvalue weighted by molar-refractivity contribution is 0.199. The highest BCUT2D eigenvalue weighted by atomic mass is 32.1. The van der Waals surface area contributed by atoms with Gasteiger partial charge in [0.25, 0.3) is 0 Å². The molecule has 1 aromatic heterocycles. The Kier molecular flexibility index (Phi) is 9.12. The fourth-order valence-corrected chi connectivity index (χ4v) is 2.50. The molecule has 1 N–H and O–H groups in total. The molecule has 0 radical (unpaired) electrons. The van der Waals surface area contributed by atoms with Crippen LogP contribution in [0.5, 0.6) is 0 Å². The Balaban J connectivity index is 1.89. The molecule has 1 rings (SSSR count). The Labute approximate surface area is 115 Å². The first kappa shape index (κ1) is 15.6. The van der Waals surface area contributed by atoms with Crippen LogP contribution in [0.1, 0.15) is 17.7 Å². The highest BCUT2D eigenvalue weighted by molar-refractivity contribution is 7.09. The lowest BCUT2D eigenvalue weighted by atomic mass is 10.2. The summed E-state index contributed by atoms with van der Waals surface area (Å²) in [7, 11) is 3.95. The van der Waals surface area contributed by atoms with E-state index < -0.39 is 0 Å². The molecular formula is C14H26N2OS. The van der Waals surface area contributed by atoms with Crippen LogP contribution in [-0.4, -0.2) is 51.8 Å². The van der Waals surface area contributed by atoms with Crippen molar-refractivity contribution in [3.8, 4) is 0 Å². The maximum absolute atomic E-state index is 4.98. The summed E-state index contributed by atoms with van der Waals surface area (Å²) in [6.07, 6.45) is 3.69. The van der Waals surface area contributed by atoms with Crippen LogP contribution in [0.15, 0.2) is 17.5 Å². The van der Waals surface area contributed by atoms with Crippen molar-refractivity contribution < 1.29 is 4.74 Å². The number of rotatable bonds is 11. The van der Waals surface area contributed by atoms with Crippen molar-refractivity contribution in [2.45, 2.75) is 19.3 Å². The first-order valence-corrected chi connectivity index (χ1v) is 7.61. The summed E-state index contributed by atoms with van der Waals surface area (Å²) in [4.78, 5) is 3.91. The van der Waals surface area contributed by atoms with E-state index in [1.54, 1.807) is 7.11 Å². The standard InChI is InChI=1S/C14H26N2OS/c1-16(11-7-14-6-5-13-18-14)10-4-3-8-15-9-12-17-2/h5-6,13,15H,3-4,7-12H2,1-2H3. The minimum Gasteiger partial charge on any atom is -0.383 e. The van der Waals surface area contributed by atoms with E-state index in [0.29, 0.717) is 0 Å². The van der Waals surface area contributed by atoms with Crippen LogP contribution in [0.3, 0.4) is 0 Å². The summed E-state index contributed by atoms with van der Waals surface area (Å²) in [5.41, 5.74) is 0. The second-order valence-electron chi connectivity index (χ2n) is 4.58. The Morgan fingerprint density at radius 3 is 2.89 bits per heavy atom. The quantitative estimate of drug-likeness (QED) is 0.624. The lowest BCUT2D eigenvalue weighted by Crippen LogP contribution is -2.24. The van der Waals surface area contributed by atoms with Gasteiger partial charge in [0.2, 0.25) is 0 Å². The number of nitrogens with zero attached hydrogens (tertiary/aromatic N) is 1. The Morgan fingerprint density at radius 1 is 1.28 bits per heavy atom. The van der Waals surface area contributed by atoms with Crippen molar-refractivity contribution in [1.82, 2.24) is 10.2 Å². The topological polar surface area (TPSA) is 24.5 Å². The third-order valence-corrected chi connectivity index (χ3v) is 3.88. The van der Waals surface area contributed by atoms with Crippen molar-refractivity contribution in [1.29, 1.82) is 0 Å². The number of methoxy groups -OCH3 is 1. The fourth-order valence-electron chi connectivity index (χ4n) is 1.80. The smallest absolute Gasteiger partial charge is 0.0587 e. The molecule has 0 saturated carbocycles. The van der Waals surface area contributed by atoms with Crippen molar-refractivity contribution in [2.24, 2.45) is 0 Å². The van der Waals surface area contributed by atoms with Crippen LogP contribution in [0, 0.1) is 0 Å². The highest BCUT2D eigenvalue weighted by Crippen LogP contribution is 2.09. The monoisotopic (exact) mass is 270 g/mol. The number of hydrogen-bond acceptors (Lipinski definition) is 4. The van der Waals surface area contributed by atoms with Crippen LogP contribution in [0.25, 0.3) is 0 Å². The third kappa shape index (κ3) is 7.82. The molecule has 18 heavy (non-hydrogen) atoms. The molecule has 104 valence electrons. The molecule has 0 fully saturated rings. The molecule has 4 heteroatoms. The Bertz CT molecular complexity index is 277. The molecule has 0 aromatic carbocycles. The van der Waals surface area contributed by atoms with E-state index in [1.165, 1.54) is 30.7 Å². The van der Waals surface area contributed by atoms with Gasteiger partial charge < -0.3 is 15.0 Å². The maximum Gasteiger partial charge on any atom is 0.0587 e. The Hall–Kier alpha value is -0.420. The second-order valence-corrected chi connectivity index (χ2v) is 5.61. The van der Waals surface area contributed by atoms with E-state index in [2.05, 4.69) is 34.8 Å². The van der Waals surface area contributed by atoms with Gasteiger partial charge in [-0.2, -0.15) is 0 Å². The van der Waals surface area contributed by atoms with Gasteiger partial charge in [-0.1, -0.05) is 6.07 Å². The summed E-state index contributed by atoms with van der Waals surface area (Å²) in [6.45, 7) is 5.22. The molecule has 0 spiro atoms. The normalized spacial score (nSPS) is 11.3. The summed E-state index contributed by atoms with van der Waals surface area (Å²) < 4.78 is 4.98. The number of hydrogen-bond donors (Lipinski definition) is 1. The summed E-state index contributed by atoms with van der Waals surface area (Å²) in [5.74, 6) is 0. The summed E-state index contributed by atoms with van der Waals surface area (Å²) in [5, 5.41) is 5.53. The first-order chi connectivity index (χ1) is 8.83. The summed E-state index contributed by atoms with van der Waals surface area (Å²) >= 11 is 1.86. The zero-order valence-electron chi connectivity index (χ0n) is 11.7. The van der Waals surface area contributed by atoms with E-state index in [4.69, 9.17) is 4.74 Å². The van der Waals surface area contributed by atoms with Crippen molar-refractivity contribution in [3.63, 3.8) is 0 Å². The minimum atomic E-state index is 0.806. The second kappa shape index (κ2) is 10.5. The van der Waals surface area contributed by atoms with E-state index in [0.717, 1.165) is 26.2 Å². The molecule has 0 bridgehead atoms. The van der Waals surface area contributed by atoms with E-state index >= 15 is 0 Å². The van der Waals surface area contributed by atoms with Crippen molar-refractivity contribution >= 4 is 11.3 Å². The zero-order chi connectivity index (χ0) is 13.1. The number of ether oxygens (including phenoxy) is 1. The van der Waals surface area contributed by atoms with Crippen molar-refractivity contribution in [3.05, 3.63) is 22.4 Å². The van der Waals surface area contributed by atoms with Gasteiger partial charge in [-0.3, -0.25) is 0 Å².